The summed E-state index contributed by atoms with van der Waals surface area (Å²) in [6, 6.07) is 20.2. The lowest BCUT2D eigenvalue weighted by Crippen LogP contribution is -1.94. The van der Waals surface area contributed by atoms with E-state index >= 15 is 0 Å². The smallest absolute Gasteiger partial charge is 0.169 e. The van der Waals surface area contributed by atoms with E-state index in [-0.39, 0.29) is 5.75 Å². The highest BCUT2D eigenvalue weighted by Gasteiger charge is 2.08. The van der Waals surface area contributed by atoms with Crippen LogP contribution in [0.25, 0.3) is 0 Å². The minimum Gasteiger partial charge on any atom is -0.508 e. The number of phenols is 1. The predicted molar refractivity (Wildman–Crippen MR) is 95.4 cm³/mol. The van der Waals surface area contributed by atoms with Gasteiger partial charge in [-0.3, -0.25) is 0 Å². The minimum absolute atomic E-state index is 0.262. The molecule has 122 valence electrons. The summed E-state index contributed by atoms with van der Waals surface area (Å²) in [4.78, 5) is 0. The van der Waals surface area contributed by atoms with Crippen molar-refractivity contribution >= 4 is 11.6 Å². The van der Waals surface area contributed by atoms with Crippen LogP contribution in [0.4, 0.5) is 0 Å². The summed E-state index contributed by atoms with van der Waals surface area (Å²) in [6.45, 7) is 0. The van der Waals surface area contributed by atoms with Gasteiger partial charge >= 0.3 is 0 Å². The van der Waals surface area contributed by atoms with Crippen LogP contribution in [0.3, 0.4) is 0 Å². The standard InChI is InChI=1S/C20H17ClO3/c1-23-19-10-7-15(11-14-5-8-17(22)9-6-14)12-20(19)24-18-4-2-3-16(21)13-18/h2-10,12-13,22H,11H2,1H3. The van der Waals surface area contributed by atoms with Gasteiger partial charge in [0.15, 0.2) is 11.5 Å². The van der Waals surface area contributed by atoms with Crippen molar-refractivity contribution in [3.63, 3.8) is 0 Å². The molecular weight excluding hydrogens is 324 g/mol. The van der Waals surface area contributed by atoms with Gasteiger partial charge in [-0.05, 0) is 60.0 Å². The first-order valence-corrected chi connectivity index (χ1v) is 7.90. The molecular formula is C20H17ClO3. The molecule has 0 heterocycles. The second-order valence-corrected chi connectivity index (χ2v) is 5.82. The molecule has 3 aromatic rings. The molecule has 0 aliphatic heterocycles. The van der Waals surface area contributed by atoms with Gasteiger partial charge in [0.1, 0.15) is 11.5 Å². The molecule has 0 atom stereocenters. The molecule has 0 saturated heterocycles. The molecule has 0 saturated carbocycles. The zero-order valence-electron chi connectivity index (χ0n) is 13.2. The number of benzene rings is 3. The lowest BCUT2D eigenvalue weighted by Gasteiger charge is -2.12. The van der Waals surface area contributed by atoms with Crippen molar-refractivity contribution < 1.29 is 14.6 Å². The van der Waals surface area contributed by atoms with Gasteiger partial charge in [0.25, 0.3) is 0 Å². The van der Waals surface area contributed by atoms with Crippen LogP contribution < -0.4 is 9.47 Å². The van der Waals surface area contributed by atoms with Gasteiger partial charge in [-0.2, -0.15) is 0 Å². The van der Waals surface area contributed by atoms with Crippen LogP contribution in [-0.4, -0.2) is 12.2 Å². The molecule has 0 bridgehead atoms. The molecule has 1 N–H and O–H groups in total. The number of phenolic OH excluding ortho intramolecular Hbond substituents is 1. The number of ether oxygens (including phenoxy) is 2. The number of halogens is 1. The molecule has 3 aromatic carbocycles. The van der Waals surface area contributed by atoms with E-state index in [2.05, 4.69) is 0 Å². The number of rotatable bonds is 5. The van der Waals surface area contributed by atoms with E-state index in [0.717, 1.165) is 17.5 Å². The Hall–Kier alpha value is -2.65. The fourth-order valence-corrected chi connectivity index (χ4v) is 2.60. The summed E-state index contributed by atoms with van der Waals surface area (Å²) >= 11 is 6.00. The van der Waals surface area contributed by atoms with E-state index in [4.69, 9.17) is 21.1 Å². The first kappa shape index (κ1) is 16.2. The summed E-state index contributed by atoms with van der Waals surface area (Å²) in [5.74, 6) is 2.21. The van der Waals surface area contributed by atoms with Crippen LogP contribution in [0.1, 0.15) is 11.1 Å². The Bertz CT molecular complexity index is 829. The van der Waals surface area contributed by atoms with Gasteiger partial charge in [-0.1, -0.05) is 35.9 Å². The highest BCUT2D eigenvalue weighted by molar-refractivity contribution is 6.30. The zero-order chi connectivity index (χ0) is 16.9. The third kappa shape index (κ3) is 4.00. The molecule has 0 amide bonds. The third-order valence-corrected chi connectivity index (χ3v) is 3.83. The summed E-state index contributed by atoms with van der Waals surface area (Å²) in [5, 5.41) is 9.99. The van der Waals surface area contributed by atoms with Crippen LogP contribution in [0.5, 0.6) is 23.0 Å². The molecule has 0 unspecified atom stereocenters. The Labute approximate surface area is 146 Å². The van der Waals surface area contributed by atoms with Crippen molar-refractivity contribution in [2.75, 3.05) is 7.11 Å². The maximum absolute atomic E-state index is 9.37. The summed E-state index contributed by atoms with van der Waals surface area (Å²) in [5.41, 5.74) is 2.19. The lowest BCUT2D eigenvalue weighted by atomic mass is 10.0. The first-order chi connectivity index (χ1) is 11.6. The number of methoxy groups -OCH3 is 1. The predicted octanol–water partition coefficient (Wildman–Crippen LogP) is 5.44. The molecule has 0 fully saturated rings. The molecule has 0 aromatic heterocycles. The van der Waals surface area contributed by atoms with E-state index in [0.29, 0.717) is 22.3 Å². The van der Waals surface area contributed by atoms with Gasteiger partial charge in [0.2, 0.25) is 0 Å². The summed E-state index contributed by atoms with van der Waals surface area (Å²) in [6.07, 6.45) is 0.732. The lowest BCUT2D eigenvalue weighted by molar-refractivity contribution is 0.378. The molecule has 3 nitrogen and oxygen atoms in total. The van der Waals surface area contributed by atoms with Gasteiger partial charge in [0, 0.05) is 5.02 Å². The Balaban J connectivity index is 1.86. The third-order valence-electron chi connectivity index (χ3n) is 3.60. The van der Waals surface area contributed by atoms with Crippen molar-refractivity contribution in [1.82, 2.24) is 0 Å². The van der Waals surface area contributed by atoms with E-state index in [9.17, 15) is 5.11 Å². The maximum atomic E-state index is 9.37. The topological polar surface area (TPSA) is 38.7 Å². The fraction of sp³-hybridized carbons (Fsp3) is 0.100. The van der Waals surface area contributed by atoms with Gasteiger partial charge in [-0.25, -0.2) is 0 Å². The van der Waals surface area contributed by atoms with Crippen LogP contribution in [0, 0.1) is 0 Å². The van der Waals surface area contributed by atoms with E-state index < -0.39 is 0 Å². The fourth-order valence-electron chi connectivity index (χ4n) is 2.42. The van der Waals surface area contributed by atoms with Crippen molar-refractivity contribution in [1.29, 1.82) is 0 Å². The quantitative estimate of drug-likeness (QED) is 0.672. The average molecular weight is 341 g/mol. The number of aromatic hydroxyl groups is 1. The maximum Gasteiger partial charge on any atom is 0.169 e. The summed E-state index contributed by atoms with van der Waals surface area (Å²) in [7, 11) is 1.61. The van der Waals surface area contributed by atoms with E-state index in [1.165, 1.54) is 0 Å². The molecule has 0 spiro atoms. The first-order valence-electron chi connectivity index (χ1n) is 7.52. The molecule has 4 heteroatoms. The SMILES string of the molecule is COc1ccc(Cc2ccc(O)cc2)cc1Oc1cccc(Cl)c1. The Morgan fingerprint density at radius 1 is 0.875 bits per heavy atom. The average Bonchev–Trinajstić information content (AvgIpc) is 2.57. The Morgan fingerprint density at radius 3 is 2.33 bits per heavy atom. The second-order valence-electron chi connectivity index (χ2n) is 5.39. The highest BCUT2D eigenvalue weighted by atomic mass is 35.5. The number of hydrogen-bond acceptors (Lipinski definition) is 3. The van der Waals surface area contributed by atoms with Crippen molar-refractivity contribution in [2.45, 2.75) is 6.42 Å². The van der Waals surface area contributed by atoms with Crippen LogP contribution >= 0.6 is 11.6 Å². The zero-order valence-corrected chi connectivity index (χ0v) is 14.0. The molecule has 3 rings (SSSR count). The highest BCUT2D eigenvalue weighted by Crippen LogP contribution is 2.33. The monoisotopic (exact) mass is 340 g/mol. The van der Waals surface area contributed by atoms with E-state index in [1.54, 1.807) is 31.4 Å². The molecule has 0 aliphatic carbocycles. The van der Waals surface area contributed by atoms with Gasteiger partial charge in [-0.15, -0.1) is 0 Å². The normalized spacial score (nSPS) is 10.4. The van der Waals surface area contributed by atoms with Crippen molar-refractivity contribution in [3.05, 3.63) is 82.9 Å². The Kier molecular flexibility index (Phi) is 4.92. The van der Waals surface area contributed by atoms with Crippen LogP contribution in [0.2, 0.25) is 5.02 Å². The minimum atomic E-state index is 0.262. The second kappa shape index (κ2) is 7.28. The van der Waals surface area contributed by atoms with Gasteiger partial charge in [0.05, 0.1) is 7.11 Å². The Morgan fingerprint density at radius 2 is 1.62 bits per heavy atom. The molecule has 24 heavy (non-hydrogen) atoms. The molecule has 0 aliphatic rings. The van der Waals surface area contributed by atoms with Crippen molar-refractivity contribution in [2.24, 2.45) is 0 Å². The van der Waals surface area contributed by atoms with E-state index in [1.807, 2.05) is 42.5 Å². The summed E-state index contributed by atoms with van der Waals surface area (Å²) < 4.78 is 11.3. The molecule has 0 radical (unpaired) electrons. The number of hydrogen-bond donors (Lipinski definition) is 1. The van der Waals surface area contributed by atoms with Gasteiger partial charge < -0.3 is 14.6 Å². The van der Waals surface area contributed by atoms with Crippen LogP contribution in [-0.2, 0) is 6.42 Å². The van der Waals surface area contributed by atoms with Crippen molar-refractivity contribution in [3.8, 4) is 23.0 Å². The largest absolute Gasteiger partial charge is 0.508 e. The van der Waals surface area contributed by atoms with Crippen LogP contribution in [0.15, 0.2) is 66.7 Å².